The largest absolute Gasteiger partial charge is 0.372 e. The highest BCUT2D eigenvalue weighted by molar-refractivity contribution is 5.87. The molecule has 4 N–H and O–H groups in total. The van der Waals surface area contributed by atoms with Crippen LogP contribution in [0.15, 0.2) is 9.98 Å². The molecule has 2 amide bonds. The van der Waals surface area contributed by atoms with Crippen molar-refractivity contribution in [1.29, 1.82) is 0 Å². The van der Waals surface area contributed by atoms with Gasteiger partial charge in [0.1, 0.15) is 0 Å². The molecule has 5 rings (SSSR count). The van der Waals surface area contributed by atoms with E-state index in [0.717, 1.165) is 96.8 Å². The molecule has 2 aliphatic heterocycles. The van der Waals surface area contributed by atoms with E-state index in [9.17, 15) is 9.59 Å². The van der Waals surface area contributed by atoms with Gasteiger partial charge in [-0.2, -0.15) is 0 Å². The van der Waals surface area contributed by atoms with E-state index in [0.29, 0.717) is 11.8 Å². The molecule has 3 fully saturated rings. The lowest BCUT2D eigenvalue weighted by Crippen LogP contribution is -2.49. The summed E-state index contributed by atoms with van der Waals surface area (Å²) in [6.07, 6.45) is 11.2. The van der Waals surface area contributed by atoms with Gasteiger partial charge in [0.25, 0.3) is 0 Å². The Hall–Kier alpha value is -2.12. The van der Waals surface area contributed by atoms with Gasteiger partial charge in [-0.25, -0.2) is 0 Å². The van der Waals surface area contributed by atoms with E-state index in [2.05, 4.69) is 38.2 Å². The van der Waals surface area contributed by atoms with Gasteiger partial charge in [-0.1, -0.05) is 13.3 Å². The molecule has 0 spiro atoms. The average Bonchev–Trinajstić information content (AvgIpc) is 3.60. The molecule has 2 heterocycles. The van der Waals surface area contributed by atoms with Crippen molar-refractivity contribution in [3.8, 4) is 0 Å². The van der Waals surface area contributed by atoms with Gasteiger partial charge >= 0.3 is 0 Å². The number of hydrogen-bond acceptors (Lipinski definition) is 6. The highest BCUT2D eigenvalue weighted by Gasteiger charge is 2.40. The fourth-order valence-electron chi connectivity index (χ4n) is 7.12. The van der Waals surface area contributed by atoms with Crippen LogP contribution in [0.1, 0.15) is 77.6 Å². The van der Waals surface area contributed by atoms with Crippen LogP contribution in [0, 0.1) is 29.6 Å². The number of amidine groups is 2. The van der Waals surface area contributed by atoms with Crippen LogP contribution in [0.5, 0.6) is 0 Å². The van der Waals surface area contributed by atoms with Crippen LogP contribution in [-0.2, 0) is 9.59 Å². The zero-order chi connectivity index (χ0) is 24.2. The second-order valence-corrected chi connectivity index (χ2v) is 11.5. The maximum absolute atomic E-state index is 13.2. The fraction of sp³-hybridized carbons (Fsp3) is 0.852. The number of rotatable bonds is 6. The molecule has 2 unspecified atom stereocenters. The first-order chi connectivity index (χ1) is 17.1. The van der Waals surface area contributed by atoms with E-state index in [4.69, 9.17) is 0 Å². The Bertz CT molecular complexity index is 760. The minimum absolute atomic E-state index is 0.0553. The average molecular weight is 485 g/mol. The maximum atomic E-state index is 13.2. The van der Waals surface area contributed by atoms with Gasteiger partial charge in [-0.3, -0.25) is 19.6 Å². The predicted molar refractivity (Wildman–Crippen MR) is 138 cm³/mol. The van der Waals surface area contributed by atoms with Crippen LogP contribution in [-0.4, -0.2) is 61.7 Å². The number of hydrogen-bond donors (Lipinski definition) is 4. The zero-order valence-corrected chi connectivity index (χ0v) is 21.4. The number of nitrogens with one attached hydrogen (secondary N) is 4. The van der Waals surface area contributed by atoms with Crippen LogP contribution in [0.25, 0.3) is 0 Å². The Morgan fingerprint density at radius 2 is 1.11 bits per heavy atom. The summed E-state index contributed by atoms with van der Waals surface area (Å²) in [7, 11) is 0. The van der Waals surface area contributed by atoms with Gasteiger partial charge in [0.05, 0.1) is 24.8 Å². The summed E-state index contributed by atoms with van der Waals surface area (Å²) in [6, 6.07) is 0.521. The quantitative estimate of drug-likeness (QED) is 0.464. The molecule has 0 aromatic heterocycles. The van der Waals surface area contributed by atoms with Gasteiger partial charge in [-0.05, 0) is 70.1 Å². The van der Waals surface area contributed by atoms with Crippen LogP contribution in [0.3, 0.4) is 0 Å². The van der Waals surface area contributed by atoms with Crippen LogP contribution >= 0.6 is 0 Å². The summed E-state index contributed by atoms with van der Waals surface area (Å²) < 4.78 is 0. The Labute approximate surface area is 210 Å². The molecular weight excluding hydrogens is 440 g/mol. The third kappa shape index (κ3) is 5.83. The van der Waals surface area contributed by atoms with Crippen molar-refractivity contribution in [3.63, 3.8) is 0 Å². The number of carbonyl (C=O) groups is 2. The maximum Gasteiger partial charge on any atom is 0.223 e. The number of carbonyl (C=O) groups excluding carboxylic acids is 2. The van der Waals surface area contributed by atoms with Crippen molar-refractivity contribution in [2.45, 2.75) is 89.6 Å². The van der Waals surface area contributed by atoms with Crippen molar-refractivity contribution >= 4 is 23.5 Å². The first-order valence-electron chi connectivity index (χ1n) is 14.3. The molecular formula is C27H44N6O2. The van der Waals surface area contributed by atoms with E-state index >= 15 is 0 Å². The molecule has 8 nitrogen and oxygen atoms in total. The second-order valence-electron chi connectivity index (χ2n) is 11.5. The molecule has 35 heavy (non-hydrogen) atoms. The lowest BCUT2D eigenvalue weighted by molar-refractivity contribution is -0.134. The zero-order valence-electron chi connectivity index (χ0n) is 21.4. The van der Waals surface area contributed by atoms with E-state index in [1.54, 1.807) is 0 Å². The van der Waals surface area contributed by atoms with Gasteiger partial charge in [-0.15, -0.1) is 0 Å². The first-order valence-corrected chi connectivity index (χ1v) is 14.3. The minimum atomic E-state index is -0.0553. The molecule has 8 heteroatoms. The third-order valence-electron chi connectivity index (χ3n) is 9.29. The Kier molecular flexibility index (Phi) is 7.93. The van der Waals surface area contributed by atoms with Gasteiger partial charge in [0, 0.05) is 48.8 Å². The highest BCUT2D eigenvalue weighted by Crippen LogP contribution is 2.36. The standard InChI is InChI=1S/C27H44N6O2/c1-17-22(26(34)32-20-9-5-18(6-10-20)24-28-13-14-29-24)3-2-4-23(17)27(35)33-21-11-7-19(8-12-21)25-30-15-16-31-25/h17-23H,2-16H2,1H3,(H,28,29)(H,30,31)(H,32,34)(H,33,35). The lowest BCUT2D eigenvalue weighted by Gasteiger charge is -2.37. The van der Waals surface area contributed by atoms with E-state index in [1.165, 1.54) is 11.7 Å². The van der Waals surface area contributed by atoms with E-state index < -0.39 is 0 Å². The molecule has 3 saturated carbocycles. The molecule has 5 aliphatic rings. The molecule has 194 valence electrons. The Balaban J connectivity index is 1.07. The molecule has 3 aliphatic carbocycles. The summed E-state index contributed by atoms with van der Waals surface area (Å²) in [5.41, 5.74) is 0. The second kappa shape index (κ2) is 11.3. The summed E-state index contributed by atoms with van der Waals surface area (Å²) in [6.45, 7) is 5.85. The molecule has 0 aromatic rings. The first kappa shape index (κ1) is 24.6. The van der Waals surface area contributed by atoms with Crippen LogP contribution in [0.4, 0.5) is 0 Å². The molecule has 2 atom stereocenters. The van der Waals surface area contributed by atoms with E-state index in [-0.39, 0.29) is 41.7 Å². The van der Waals surface area contributed by atoms with Crippen molar-refractivity contribution in [2.24, 2.45) is 39.6 Å². The highest BCUT2D eigenvalue weighted by atomic mass is 16.2. The van der Waals surface area contributed by atoms with Crippen molar-refractivity contribution in [2.75, 3.05) is 26.2 Å². The number of nitrogens with zero attached hydrogens (tertiary/aromatic N) is 2. The summed E-state index contributed by atoms with van der Waals surface area (Å²) in [4.78, 5) is 35.7. The van der Waals surface area contributed by atoms with Crippen molar-refractivity contribution in [1.82, 2.24) is 21.3 Å². The van der Waals surface area contributed by atoms with Gasteiger partial charge in [0.15, 0.2) is 0 Å². The molecule has 0 radical (unpaired) electrons. The number of amides is 2. The van der Waals surface area contributed by atoms with Gasteiger partial charge in [0.2, 0.25) is 11.8 Å². The normalized spacial score (nSPS) is 37.5. The summed E-state index contributed by atoms with van der Waals surface area (Å²) in [5, 5.41) is 13.5. The SMILES string of the molecule is CC1C(C(=O)NC2CCC(C3=NCCN3)CC2)CCCC1C(=O)NC1CCC(C2=NCCN2)CC1. The monoisotopic (exact) mass is 484 g/mol. The smallest absolute Gasteiger partial charge is 0.223 e. The Morgan fingerprint density at radius 1 is 0.686 bits per heavy atom. The van der Waals surface area contributed by atoms with Crippen molar-refractivity contribution in [3.05, 3.63) is 0 Å². The topological polar surface area (TPSA) is 107 Å². The minimum Gasteiger partial charge on any atom is -0.372 e. The lowest BCUT2D eigenvalue weighted by atomic mass is 9.71. The fourth-order valence-corrected chi connectivity index (χ4v) is 7.12. The molecule has 0 saturated heterocycles. The van der Waals surface area contributed by atoms with Crippen molar-refractivity contribution < 1.29 is 9.59 Å². The van der Waals surface area contributed by atoms with E-state index in [1.807, 2.05) is 0 Å². The molecule has 0 aromatic carbocycles. The number of aliphatic imine (C=N–C) groups is 2. The summed E-state index contributed by atoms with van der Waals surface area (Å²) in [5.74, 6) is 3.74. The Morgan fingerprint density at radius 3 is 1.49 bits per heavy atom. The summed E-state index contributed by atoms with van der Waals surface area (Å²) >= 11 is 0. The van der Waals surface area contributed by atoms with Gasteiger partial charge < -0.3 is 21.3 Å². The van der Waals surface area contributed by atoms with Crippen LogP contribution in [0.2, 0.25) is 0 Å². The van der Waals surface area contributed by atoms with Crippen LogP contribution < -0.4 is 21.3 Å². The predicted octanol–water partition coefficient (Wildman–Crippen LogP) is 2.39. The third-order valence-corrected chi connectivity index (χ3v) is 9.29. The molecule has 0 bridgehead atoms.